The molecule has 1 atom stereocenters. The number of carbonyl (C=O) groups is 1. The lowest BCUT2D eigenvalue weighted by Gasteiger charge is -2.22. The van der Waals surface area contributed by atoms with E-state index in [0.29, 0.717) is 19.0 Å². The van der Waals surface area contributed by atoms with Crippen molar-refractivity contribution >= 4 is 11.8 Å². The number of aromatic nitrogens is 2. The summed E-state index contributed by atoms with van der Waals surface area (Å²) in [6.45, 7) is 3.09. The molecule has 3 rings (SSSR count). The van der Waals surface area contributed by atoms with E-state index >= 15 is 0 Å². The second-order valence-electron chi connectivity index (χ2n) is 5.81. The molecular formula is C16H22N4O3. The number of likely N-dealkylation sites (tertiary alicyclic amines) is 1. The average Bonchev–Trinajstić information content (AvgIpc) is 3.20. The summed E-state index contributed by atoms with van der Waals surface area (Å²) in [5, 5.41) is 7.13. The molecule has 0 radical (unpaired) electrons. The van der Waals surface area contributed by atoms with Gasteiger partial charge in [-0.1, -0.05) is 0 Å². The fraction of sp³-hybridized carbons (Fsp3) is 0.500. The summed E-state index contributed by atoms with van der Waals surface area (Å²) in [6, 6.07) is 5.50. The maximum Gasteiger partial charge on any atom is 0.323 e. The topological polar surface area (TPSA) is 72.5 Å². The van der Waals surface area contributed by atoms with Gasteiger partial charge in [-0.15, -0.1) is 0 Å². The van der Waals surface area contributed by atoms with Crippen molar-refractivity contribution in [2.75, 3.05) is 19.0 Å². The number of rotatable bonds is 4. The number of amides is 2. The van der Waals surface area contributed by atoms with E-state index in [2.05, 4.69) is 10.4 Å². The fourth-order valence-corrected chi connectivity index (χ4v) is 2.90. The highest BCUT2D eigenvalue weighted by atomic mass is 16.5. The van der Waals surface area contributed by atoms with Crippen molar-refractivity contribution in [3.8, 4) is 0 Å². The Morgan fingerprint density at radius 2 is 2.35 bits per heavy atom. The maximum absolute atomic E-state index is 12.6. The Morgan fingerprint density at radius 3 is 3.04 bits per heavy atom. The molecule has 1 saturated heterocycles. The minimum absolute atomic E-state index is 0.0367. The molecule has 1 fully saturated rings. The van der Waals surface area contributed by atoms with E-state index in [1.54, 1.807) is 16.7 Å². The zero-order chi connectivity index (χ0) is 16.4. The van der Waals surface area contributed by atoms with Crippen molar-refractivity contribution in [2.45, 2.75) is 32.4 Å². The summed E-state index contributed by atoms with van der Waals surface area (Å²) in [7, 11) is 3.48. The lowest BCUT2D eigenvalue weighted by atomic mass is 10.2. The molecule has 0 bridgehead atoms. The normalized spacial score (nSPS) is 17.7. The van der Waals surface area contributed by atoms with Gasteiger partial charge >= 0.3 is 6.03 Å². The Morgan fingerprint density at radius 1 is 1.52 bits per heavy atom. The van der Waals surface area contributed by atoms with Gasteiger partial charge in [-0.2, -0.15) is 5.10 Å². The van der Waals surface area contributed by atoms with Crippen LogP contribution in [0.2, 0.25) is 0 Å². The van der Waals surface area contributed by atoms with E-state index in [-0.39, 0.29) is 12.1 Å². The number of nitrogens with one attached hydrogen (secondary N) is 1. The molecule has 3 heterocycles. The van der Waals surface area contributed by atoms with Crippen LogP contribution in [-0.2, 0) is 18.4 Å². The van der Waals surface area contributed by atoms with Crippen LogP contribution in [0.4, 0.5) is 10.6 Å². The van der Waals surface area contributed by atoms with Gasteiger partial charge in [-0.3, -0.25) is 10.00 Å². The van der Waals surface area contributed by atoms with Crippen molar-refractivity contribution in [1.29, 1.82) is 0 Å². The van der Waals surface area contributed by atoms with Gasteiger partial charge in [0.05, 0.1) is 6.04 Å². The van der Waals surface area contributed by atoms with Gasteiger partial charge in [0.2, 0.25) is 0 Å². The summed E-state index contributed by atoms with van der Waals surface area (Å²) >= 11 is 0. The van der Waals surface area contributed by atoms with Crippen LogP contribution in [0.25, 0.3) is 0 Å². The van der Waals surface area contributed by atoms with Crippen LogP contribution in [0.1, 0.15) is 36.1 Å². The number of nitrogens with zero attached hydrogens (tertiary/aromatic N) is 3. The Labute approximate surface area is 135 Å². The first kappa shape index (κ1) is 15.6. The van der Waals surface area contributed by atoms with Crippen LogP contribution < -0.4 is 5.32 Å². The number of methoxy groups -OCH3 is 1. The Balaban J connectivity index is 1.71. The highest BCUT2D eigenvalue weighted by Crippen LogP contribution is 2.33. The third-order valence-electron chi connectivity index (χ3n) is 4.16. The molecule has 0 aromatic carbocycles. The largest absolute Gasteiger partial charge is 0.461 e. The average molecular weight is 318 g/mol. The van der Waals surface area contributed by atoms with Crippen molar-refractivity contribution in [3.05, 3.63) is 35.4 Å². The minimum Gasteiger partial charge on any atom is -0.461 e. The highest BCUT2D eigenvalue weighted by Gasteiger charge is 2.32. The van der Waals surface area contributed by atoms with Crippen molar-refractivity contribution in [1.82, 2.24) is 14.7 Å². The van der Waals surface area contributed by atoms with Gasteiger partial charge in [-0.25, -0.2) is 4.79 Å². The molecule has 2 aromatic heterocycles. The zero-order valence-corrected chi connectivity index (χ0v) is 13.7. The highest BCUT2D eigenvalue weighted by molar-refractivity contribution is 5.88. The SMILES string of the molecule is COCc1ccc([C@H]2CCCN2C(=O)Nc2cc(C)n(C)n2)o1. The van der Waals surface area contributed by atoms with Crippen LogP contribution in [0.15, 0.2) is 22.6 Å². The van der Waals surface area contributed by atoms with E-state index in [1.807, 2.05) is 32.2 Å². The van der Waals surface area contributed by atoms with Crippen LogP contribution >= 0.6 is 0 Å². The standard InChI is InChI=1S/C16H22N4O3/c1-11-9-15(18-19(11)2)17-16(21)20-8-4-5-13(20)14-7-6-12(23-14)10-22-3/h6-7,9,13H,4-5,8,10H2,1-3H3,(H,17,18,21)/t13-/m1/s1. The Hall–Kier alpha value is -2.28. The van der Waals surface area contributed by atoms with Gasteiger partial charge in [0.25, 0.3) is 0 Å². The molecule has 1 aliphatic rings. The number of ether oxygens (including phenoxy) is 1. The smallest absolute Gasteiger partial charge is 0.323 e. The van der Waals surface area contributed by atoms with Crippen LogP contribution in [0, 0.1) is 6.92 Å². The minimum atomic E-state index is -0.143. The number of anilines is 1. The van der Waals surface area contributed by atoms with E-state index in [9.17, 15) is 4.79 Å². The number of carbonyl (C=O) groups excluding carboxylic acids is 1. The number of aryl methyl sites for hydroxylation is 2. The molecule has 0 aliphatic carbocycles. The second-order valence-corrected chi connectivity index (χ2v) is 5.81. The monoisotopic (exact) mass is 318 g/mol. The fourth-order valence-electron chi connectivity index (χ4n) is 2.90. The molecule has 124 valence electrons. The van der Waals surface area contributed by atoms with Crippen molar-refractivity contribution in [2.24, 2.45) is 7.05 Å². The lowest BCUT2D eigenvalue weighted by Crippen LogP contribution is -2.34. The molecule has 7 nitrogen and oxygen atoms in total. The zero-order valence-electron chi connectivity index (χ0n) is 13.7. The lowest BCUT2D eigenvalue weighted by molar-refractivity contribution is 0.157. The molecule has 0 spiro atoms. The van der Waals surface area contributed by atoms with Crippen LogP contribution in [-0.4, -0.2) is 34.4 Å². The molecule has 7 heteroatoms. The van der Waals surface area contributed by atoms with Crippen molar-refractivity contribution < 1.29 is 13.9 Å². The summed E-state index contributed by atoms with van der Waals surface area (Å²) in [4.78, 5) is 14.4. The Kier molecular flexibility index (Phi) is 4.38. The van der Waals surface area contributed by atoms with E-state index in [0.717, 1.165) is 30.1 Å². The molecule has 2 amide bonds. The molecule has 2 aromatic rings. The van der Waals surface area contributed by atoms with Crippen LogP contribution in [0.5, 0.6) is 0 Å². The van der Waals surface area contributed by atoms with Gasteiger partial charge in [-0.05, 0) is 31.9 Å². The summed E-state index contributed by atoms with van der Waals surface area (Å²) < 4.78 is 12.6. The van der Waals surface area contributed by atoms with E-state index < -0.39 is 0 Å². The van der Waals surface area contributed by atoms with Gasteiger partial charge < -0.3 is 14.1 Å². The number of furan rings is 1. The Bertz CT molecular complexity index is 672. The first-order chi connectivity index (χ1) is 11.1. The molecular weight excluding hydrogens is 296 g/mol. The second kappa shape index (κ2) is 6.45. The van der Waals surface area contributed by atoms with Gasteiger partial charge in [0.1, 0.15) is 18.1 Å². The number of hydrogen-bond donors (Lipinski definition) is 1. The molecule has 0 saturated carbocycles. The van der Waals surface area contributed by atoms with E-state index in [4.69, 9.17) is 9.15 Å². The molecule has 1 aliphatic heterocycles. The summed E-state index contributed by atoms with van der Waals surface area (Å²) in [5.74, 6) is 2.15. The van der Waals surface area contributed by atoms with E-state index in [1.165, 1.54) is 0 Å². The summed E-state index contributed by atoms with van der Waals surface area (Å²) in [5.41, 5.74) is 0.994. The van der Waals surface area contributed by atoms with Gasteiger partial charge in [0, 0.05) is 32.5 Å². The van der Waals surface area contributed by atoms with Crippen LogP contribution in [0.3, 0.4) is 0 Å². The first-order valence-electron chi connectivity index (χ1n) is 7.74. The predicted molar refractivity (Wildman–Crippen MR) is 85.1 cm³/mol. The van der Waals surface area contributed by atoms with Crippen molar-refractivity contribution in [3.63, 3.8) is 0 Å². The molecule has 0 unspecified atom stereocenters. The predicted octanol–water partition coefficient (Wildman–Crippen LogP) is 2.84. The van der Waals surface area contributed by atoms with Gasteiger partial charge in [0.15, 0.2) is 5.82 Å². The number of hydrogen-bond acceptors (Lipinski definition) is 4. The third-order valence-corrected chi connectivity index (χ3v) is 4.16. The first-order valence-corrected chi connectivity index (χ1v) is 7.74. The molecule has 1 N–H and O–H groups in total. The third kappa shape index (κ3) is 3.24. The maximum atomic E-state index is 12.6. The quantitative estimate of drug-likeness (QED) is 0.941. The molecule has 23 heavy (non-hydrogen) atoms. The number of urea groups is 1. The summed E-state index contributed by atoms with van der Waals surface area (Å²) in [6.07, 6.45) is 1.86.